The van der Waals surface area contributed by atoms with Gasteiger partial charge < -0.3 is 4.74 Å². The Morgan fingerprint density at radius 3 is 2.72 bits per heavy atom. The van der Waals surface area contributed by atoms with Crippen molar-refractivity contribution in [2.75, 3.05) is 0 Å². The lowest BCUT2D eigenvalue weighted by atomic mass is 10.2. The van der Waals surface area contributed by atoms with Gasteiger partial charge in [-0.25, -0.2) is 9.37 Å². The maximum absolute atomic E-state index is 13.6. The van der Waals surface area contributed by atoms with Gasteiger partial charge in [0.1, 0.15) is 0 Å². The predicted octanol–water partition coefficient (Wildman–Crippen LogP) is 4.71. The second-order valence-electron chi connectivity index (χ2n) is 3.68. The smallest absolute Gasteiger partial charge is 0.219 e. The molecule has 0 saturated heterocycles. The van der Waals surface area contributed by atoms with Crippen LogP contribution in [0.4, 0.5) is 4.39 Å². The Bertz CT molecular complexity index is 575. The van der Waals surface area contributed by atoms with Gasteiger partial charge in [0, 0.05) is 17.6 Å². The fraction of sp³-hybridized carbons (Fsp3) is 0.154. The van der Waals surface area contributed by atoms with E-state index in [1.165, 1.54) is 12.1 Å². The van der Waals surface area contributed by atoms with Crippen molar-refractivity contribution in [3.8, 4) is 11.6 Å². The molecule has 1 aromatic carbocycles. The number of aryl methyl sites for hydroxylation is 1. The topological polar surface area (TPSA) is 22.1 Å². The maximum Gasteiger partial charge on any atom is 0.219 e. The van der Waals surface area contributed by atoms with E-state index in [1.54, 1.807) is 18.2 Å². The van der Waals surface area contributed by atoms with Crippen molar-refractivity contribution in [3.05, 3.63) is 52.4 Å². The van der Waals surface area contributed by atoms with Gasteiger partial charge in [0.2, 0.25) is 5.88 Å². The highest BCUT2D eigenvalue weighted by Gasteiger charge is 2.09. The molecule has 18 heavy (non-hydrogen) atoms. The van der Waals surface area contributed by atoms with Gasteiger partial charge in [-0.1, -0.05) is 23.7 Å². The number of benzene rings is 1. The number of aromatic nitrogens is 1. The summed E-state index contributed by atoms with van der Waals surface area (Å²) in [5, 5.41) is 0.0154. The van der Waals surface area contributed by atoms with Gasteiger partial charge in [-0.05, 0) is 24.6 Å². The molecule has 1 aromatic heterocycles. The molecule has 0 spiro atoms. The second kappa shape index (κ2) is 5.55. The lowest BCUT2D eigenvalue weighted by molar-refractivity contribution is 0.426. The van der Waals surface area contributed by atoms with Crippen LogP contribution in [-0.4, -0.2) is 4.98 Å². The molecule has 0 unspecified atom stereocenters. The van der Waals surface area contributed by atoms with Crippen LogP contribution in [-0.2, 0) is 5.88 Å². The number of ether oxygens (including phenoxy) is 1. The molecule has 1 heterocycles. The quantitative estimate of drug-likeness (QED) is 0.762. The van der Waals surface area contributed by atoms with Gasteiger partial charge in [0.25, 0.3) is 0 Å². The summed E-state index contributed by atoms with van der Waals surface area (Å²) in [6.45, 7) is 1.82. The third-order valence-corrected chi connectivity index (χ3v) is 3.02. The molecule has 2 rings (SSSR count). The fourth-order valence-electron chi connectivity index (χ4n) is 1.44. The summed E-state index contributed by atoms with van der Waals surface area (Å²) in [7, 11) is 0. The lowest BCUT2D eigenvalue weighted by Gasteiger charge is -2.08. The van der Waals surface area contributed by atoms with Gasteiger partial charge in [0.15, 0.2) is 11.6 Å². The van der Waals surface area contributed by atoms with Crippen molar-refractivity contribution in [3.63, 3.8) is 0 Å². The molecule has 0 N–H and O–H groups in total. The maximum atomic E-state index is 13.6. The van der Waals surface area contributed by atoms with Crippen molar-refractivity contribution in [1.82, 2.24) is 4.98 Å². The van der Waals surface area contributed by atoms with Crippen LogP contribution in [0.5, 0.6) is 11.6 Å². The van der Waals surface area contributed by atoms with E-state index in [0.717, 1.165) is 11.3 Å². The number of hydrogen-bond donors (Lipinski definition) is 0. The first-order chi connectivity index (χ1) is 8.61. The SMILES string of the molecule is Cc1nc(Oc2cccc(Cl)c2F)ccc1CCl. The normalized spacial score (nSPS) is 10.4. The number of hydrogen-bond acceptors (Lipinski definition) is 2. The third kappa shape index (κ3) is 2.74. The molecule has 2 nitrogen and oxygen atoms in total. The van der Waals surface area contributed by atoms with Gasteiger partial charge in [-0.2, -0.15) is 0 Å². The number of nitrogens with zero attached hydrogens (tertiary/aromatic N) is 1. The zero-order valence-corrected chi connectivity index (χ0v) is 11.1. The molecule has 0 atom stereocenters. The zero-order chi connectivity index (χ0) is 13.1. The summed E-state index contributed by atoms with van der Waals surface area (Å²) >= 11 is 11.4. The first kappa shape index (κ1) is 13.1. The van der Waals surface area contributed by atoms with Crippen molar-refractivity contribution in [1.29, 1.82) is 0 Å². The Morgan fingerprint density at radius 2 is 2.06 bits per heavy atom. The molecule has 0 bridgehead atoms. The van der Waals surface area contributed by atoms with E-state index >= 15 is 0 Å². The summed E-state index contributed by atoms with van der Waals surface area (Å²) in [6.07, 6.45) is 0. The Balaban J connectivity index is 2.29. The summed E-state index contributed by atoms with van der Waals surface area (Å²) in [5.41, 5.74) is 1.67. The Hall–Kier alpha value is -1.32. The molecular formula is C13H10Cl2FNO. The van der Waals surface area contributed by atoms with Gasteiger partial charge in [-0.3, -0.25) is 0 Å². The van der Waals surface area contributed by atoms with E-state index in [1.807, 2.05) is 6.92 Å². The summed E-state index contributed by atoms with van der Waals surface area (Å²) in [6, 6.07) is 8.01. The van der Waals surface area contributed by atoms with E-state index < -0.39 is 5.82 Å². The minimum atomic E-state index is -0.597. The molecule has 0 aliphatic rings. The third-order valence-electron chi connectivity index (χ3n) is 2.44. The van der Waals surface area contributed by atoms with E-state index in [0.29, 0.717) is 11.8 Å². The minimum absolute atomic E-state index is 0.0154. The van der Waals surface area contributed by atoms with E-state index in [2.05, 4.69) is 4.98 Å². The number of alkyl halides is 1. The van der Waals surface area contributed by atoms with Crippen molar-refractivity contribution >= 4 is 23.2 Å². The van der Waals surface area contributed by atoms with Crippen LogP contribution in [0, 0.1) is 12.7 Å². The monoisotopic (exact) mass is 285 g/mol. The van der Waals surface area contributed by atoms with E-state index in [4.69, 9.17) is 27.9 Å². The highest BCUT2D eigenvalue weighted by Crippen LogP contribution is 2.28. The van der Waals surface area contributed by atoms with Crippen LogP contribution in [0.1, 0.15) is 11.3 Å². The zero-order valence-electron chi connectivity index (χ0n) is 9.58. The molecule has 0 saturated carbocycles. The molecule has 0 aliphatic heterocycles. The fourth-order valence-corrected chi connectivity index (χ4v) is 1.89. The highest BCUT2D eigenvalue weighted by atomic mass is 35.5. The number of halogens is 3. The molecule has 0 radical (unpaired) electrons. The van der Waals surface area contributed by atoms with Crippen LogP contribution < -0.4 is 4.74 Å². The van der Waals surface area contributed by atoms with E-state index in [-0.39, 0.29) is 10.8 Å². The molecular weight excluding hydrogens is 276 g/mol. The van der Waals surface area contributed by atoms with Crippen LogP contribution in [0.15, 0.2) is 30.3 Å². The van der Waals surface area contributed by atoms with Gasteiger partial charge in [-0.15, -0.1) is 11.6 Å². The standard InChI is InChI=1S/C13H10Cl2FNO/c1-8-9(7-14)5-6-12(17-8)18-11-4-2-3-10(15)13(11)16/h2-6H,7H2,1H3. The van der Waals surface area contributed by atoms with Crippen LogP contribution >= 0.6 is 23.2 Å². The van der Waals surface area contributed by atoms with Gasteiger partial charge in [0.05, 0.1) is 5.02 Å². The number of rotatable bonds is 3. The van der Waals surface area contributed by atoms with Crippen LogP contribution in [0.2, 0.25) is 5.02 Å². The second-order valence-corrected chi connectivity index (χ2v) is 4.36. The summed E-state index contributed by atoms with van der Waals surface area (Å²) in [5.74, 6) is 0.139. The molecule has 2 aromatic rings. The van der Waals surface area contributed by atoms with Crippen molar-refractivity contribution in [2.24, 2.45) is 0 Å². The Labute approximate surface area is 114 Å². The molecule has 0 aliphatic carbocycles. The van der Waals surface area contributed by atoms with Crippen molar-refractivity contribution in [2.45, 2.75) is 12.8 Å². The molecule has 0 amide bonds. The highest BCUT2D eigenvalue weighted by molar-refractivity contribution is 6.30. The first-order valence-corrected chi connectivity index (χ1v) is 6.17. The van der Waals surface area contributed by atoms with E-state index in [9.17, 15) is 4.39 Å². The summed E-state index contributed by atoms with van der Waals surface area (Å²) < 4.78 is 19.0. The van der Waals surface area contributed by atoms with Gasteiger partial charge >= 0.3 is 0 Å². The van der Waals surface area contributed by atoms with Crippen molar-refractivity contribution < 1.29 is 9.13 Å². The largest absolute Gasteiger partial charge is 0.436 e. The molecule has 94 valence electrons. The minimum Gasteiger partial charge on any atom is -0.436 e. The first-order valence-electron chi connectivity index (χ1n) is 5.26. The average molecular weight is 286 g/mol. The van der Waals surface area contributed by atoms with Crippen LogP contribution in [0.25, 0.3) is 0 Å². The Kier molecular flexibility index (Phi) is 4.04. The summed E-state index contributed by atoms with van der Waals surface area (Å²) in [4.78, 5) is 4.19. The molecule has 5 heteroatoms. The molecule has 0 fully saturated rings. The average Bonchev–Trinajstić information content (AvgIpc) is 2.35. The lowest BCUT2D eigenvalue weighted by Crippen LogP contribution is -1.95. The Morgan fingerprint density at radius 1 is 1.28 bits per heavy atom. The number of pyridine rings is 1. The predicted molar refractivity (Wildman–Crippen MR) is 70.0 cm³/mol. The van der Waals surface area contributed by atoms with Crippen LogP contribution in [0.3, 0.4) is 0 Å².